The second-order valence-corrected chi connectivity index (χ2v) is 6.61. The van der Waals surface area contributed by atoms with Gasteiger partial charge in [0.05, 0.1) is 20.3 Å². The van der Waals surface area contributed by atoms with Gasteiger partial charge in [0.15, 0.2) is 17.5 Å². The quantitative estimate of drug-likeness (QED) is 0.509. The molecule has 1 aliphatic rings. The number of guanidine groups is 1. The zero-order valence-corrected chi connectivity index (χ0v) is 16.7. The molecule has 0 aliphatic heterocycles. The van der Waals surface area contributed by atoms with Gasteiger partial charge < -0.3 is 24.8 Å². The number of hydrogen-bond acceptors (Lipinski definition) is 5. The third kappa shape index (κ3) is 5.77. The van der Waals surface area contributed by atoms with Crippen LogP contribution in [0.25, 0.3) is 0 Å². The Morgan fingerprint density at radius 2 is 2.04 bits per heavy atom. The second-order valence-electron chi connectivity index (χ2n) is 6.61. The minimum absolute atomic E-state index is 0.588. The van der Waals surface area contributed by atoms with E-state index in [-0.39, 0.29) is 0 Å². The van der Waals surface area contributed by atoms with Crippen molar-refractivity contribution >= 4 is 11.6 Å². The number of rotatable bonds is 9. The van der Waals surface area contributed by atoms with E-state index in [1.165, 1.54) is 12.8 Å². The Morgan fingerprint density at radius 3 is 2.75 bits per heavy atom. The highest BCUT2D eigenvalue weighted by atomic mass is 16.5. The molecule has 0 saturated heterocycles. The Labute approximate surface area is 166 Å². The van der Waals surface area contributed by atoms with Crippen LogP contribution in [0, 0.1) is 5.92 Å². The molecule has 7 heteroatoms. The van der Waals surface area contributed by atoms with E-state index in [2.05, 4.69) is 20.6 Å². The molecule has 1 aromatic heterocycles. The maximum atomic E-state index is 5.75. The van der Waals surface area contributed by atoms with Gasteiger partial charge in [0, 0.05) is 37.6 Å². The normalized spacial score (nSPS) is 13.8. The molecule has 150 valence electrons. The lowest BCUT2D eigenvalue weighted by atomic mass is 10.2. The van der Waals surface area contributed by atoms with Crippen molar-refractivity contribution in [3.05, 3.63) is 42.1 Å². The van der Waals surface area contributed by atoms with E-state index in [4.69, 9.17) is 14.2 Å². The monoisotopic (exact) mass is 384 g/mol. The lowest BCUT2D eigenvalue weighted by Gasteiger charge is -2.15. The highest BCUT2D eigenvalue weighted by molar-refractivity contribution is 5.93. The lowest BCUT2D eigenvalue weighted by molar-refractivity contribution is 0.288. The van der Waals surface area contributed by atoms with Crippen molar-refractivity contribution < 1.29 is 14.2 Å². The van der Waals surface area contributed by atoms with Gasteiger partial charge in [0.2, 0.25) is 5.88 Å². The third-order valence-corrected chi connectivity index (χ3v) is 4.37. The molecule has 28 heavy (non-hydrogen) atoms. The molecule has 0 amide bonds. The molecule has 0 unspecified atom stereocenters. The first-order valence-electron chi connectivity index (χ1n) is 9.58. The fraction of sp³-hybridized carbons (Fsp3) is 0.429. The second kappa shape index (κ2) is 9.82. The van der Waals surface area contributed by atoms with Crippen LogP contribution in [0.3, 0.4) is 0 Å². The Morgan fingerprint density at radius 1 is 1.18 bits per heavy atom. The van der Waals surface area contributed by atoms with Gasteiger partial charge in [-0.05, 0) is 49.4 Å². The molecule has 2 aromatic rings. The number of hydrogen-bond donors (Lipinski definition) is 2. The maximum Gasteiger partial charge on any atom is 0.213 e. The molecule has 1 aromatic carbocycles. The Balaban J connectivity index is 1.56. The summed E-state index contributed by atoms with van der Waals surface area (Å²) in [5, 5.41) is 6.56. The van der Waals surface area contributed by atoms with Crippen molar-refractivity contribution in [1.29, 1.82) is 0 Å². The van der Waals surface area contributed by atoms with Crippen molar-refractivity contribution in [1.82, 2.24) is 10.3 Å². The smallest absolute Gasteiger partial charge is 0.213 e. The molecular formula is C21H28N4O3. The zero-order chi connectivity index (χ0) is 19.8. The zero-order valence-electron chi connectivity index (χ0n) is 16.7. The number of methoxy groups -OCH3 is 1. The standard InChI is InChI=1S/C21H28N4O3/c1-4-27-18-8-7-17(12-19(18)26-3)25-21(22-2)24-13-16-9-10-23-20(11-16)28-14-15-5-6-15/h7-12,15H,4-6,13-14H2,1-3H3,(H2,22,24,25). The molecule has 0 spiro atoms. The predicted octanol–water partition coefficient (Wildman–Crippen LogP) is 3.47. The molecule has 1 heterocycles. The highest BCUT2D eigenvalue weighted by Gasteiger charge is 2.22. The number of pyridine rings is 1. The predicted molar refractivity (Wildman–Crippen MR) is 110 cm³/mol. The number of aromatic nitrogens is 1. The Hall–Kier alpha value is -2.96. The summed E-state index contributed by atoms with van der Waals surface area (Å²) >= 11 is 0. The molecule has 0 atom stereocenters. The van der Waals surface area contributed by atoms with Crippen LogP contribution in [0.4, 0.5) is 5.69 Å². The first-order valence-corrected chi connectivity index (χ1v) is 9.58. The number of nitrogens with one attached hydrogen (secondary N) is 2. The van der Waals surface area contributed by atoms with E-state index in [0.717, 1.165) is 17.9 Å². The molecule has 0 bridgehead atoms. The van der Waals surface area contributed by atoms with Gasteiger partial charge in [-0.3, -0.25) is 4.99 Å². The van der Waals surface area contributed by atoms with E-state index in [1.54, 1.807) is 20.4 Å². The minimum Gasteiger partial charge on any atom is -0.493 e. The topological polar surface area (TPSA) is 77.0 Å². The minimum atomic E-state index is 0.588. The summed E-state index contributed by atoms with van der Waals surface area (Å²) in [5.41, 5.74) is 1.93. The number of benzene rings is 1. The van der Waals surface area contributed by atoms with Crippen molar-refractivity contribution in [2.45, 2.75) is 26.3 Å². The van der Waals surface area contributed by atoms with Gasteiger partial charge >= 0.3 is 0 Å². The SMILES string of the molecule is CCOc1ccc(NC(=NC)NCc2ccnc(OCC3CC3)c2)cc1OC. The summed E-state index contributed by atoms with van der Waals surface area (Å²) in [5.74, 6) is 3.43. The van der Waals surface area contributed by atoms with Crippen molar-refractivity contribution in [2.75, 3.05) is 32.7 Å². The van der Waals surface area contributed by atoms with E-state index in [0.29, 0.717) is 42.4 Å². The van der Waals surface area contributed by atoms with Crippen LogP contribution in [0.5, 0.6) is 17.4 Å². The lowest BCUT2D eigenvalue weighted by Crippen LogP contribution is -2.30. The van der Waals surface area contributed by atoms with Crippen LogP contribution in [-0.2, 0) is 6.54 Å². The van der Waals surface area contributed by atoms with Gasteiger partial charge in [-0.15, -0.1) is 0 Å². The molecule has 0 radical (unpaired) electrons. The average molecular weight is 384 g/mol. The van der Waals surface area contributed by atoms with Crippen molar-refractivity contribution in [3.8, 4) is 17.4 Å². The van der Waals surface area contributed by atoms with E-state index in [1.807, 2.05) is 37.3 Å². The fourth-order valence-corrected chi connectivity index (χ4v) is 2.65. The molecule has 1 fully saturated rings. The number of nitrogens with zero attached hydrogens (tertiary/aromatic N) is 2. The number of ether oxygens (including phenoxy) is 3. The third-order valence-electron chi connectivity index (χ3n) is 4.37. The molecule has 1 aliphatic carbocycles. The Bertz CT molecular complexity index is 806. The van der Waals surface area contributed by atoms with Crippen LogP contribution >= 0.6 is 0 Å². The van der Waals surface area contributed by atoms with Crippen molar-refractivity contribution in [2.24, 2.45) is 10.9 Å². The molecule has 7 nitrogen and oxygen atoms in total. The van der Waals surface area contributed by atoms with E-state index < -0.39 is 0 Å². The molecule has 3 rings (SSSR count). The largest absolute Gasteiger partial charge is 0.493 e. The van der Waals surface area contributed by atoms with Crippen LogP contribution in [0.2, 0.25) is 0 Å². The summed E-state index contributed by atoms with van der Waals surface area (Å²) in [7, 11) is 3.36. The van der Waals surface area contributed by atoms with Crippen molar-refractivity contribution in [3.63, 3.8) is 0 Å². The fourth-order valence-electron chi connectivity index (χ4n) is 2.65. The maximum absolute atomic E-state index is 5.75. The van der Waals surface area contributed by atoms with Gasteiger partial charge in [0.25, 0.3) is 0 Å². The number of anilines is 1. The Kier molecular flexibility index (Phi) is 6.94. The highest BCUT2D eigenvalue weighted by Crippen LogP contribution is 2.30. The molecular weight excluding hydrogens is 356 g/mol. The first-order chi connectivity index (χ1) is 13.7. The van der Waals surface area contributed by atoms with E-state index >= 15 is 0 Å². The summed E-state index contributed by atoms with van der Waals surface area (Å²) in [6, 6.07) is 9.61. The van der Waals surface area contributed by atoms with E-state index in [9.17, 15) is 0 Å². The first kappa shape index (κ1) is 19.8. The average Bonchev–Trinajstić information content (AvgIpc) is 3.55. The van der Waals surface area contributed by atoms with Gasteiger partial charge in [-0.25, -0.2) is 4.98 Å². The van der Waals surface area contributed by atoms with Crippen LogP contribution in [0.15, 0.2) is 41.5 Å². The summed E-state index contributed by atoms with van der Waals surface area (Å²) in [6.07, 6.45) is 4.30. The van der Waals surface area contributed by atoms with Crippen LogP contribution in [-0.4, -0.2) is 38.3 Å². The summed E-state index contributed by atoms with van der Waals surface area (Å²) in [6.45, 7) is 3.90. The van der Waals surface area contributed by atoms with Gasteiger partial charge in [-0.2, -0.15) is 0 Å². The van der Waals surface area contributed by atoms with Gasteiger partial charge in [0.1, 0.15) is 0 Å². The van der Waals surface area contributed by atoms with Crippen LogP contribution < -0.4 is 24.8 Å². The summed E-state index contributed by atoms with van der Waals surface area (Å²) < 4.78 is 16.7. The molecule has 2 N–H and O–H groups in total. The van der Waals surface area contributed by atoms with Gasteiger partial charge in [-0.1, -0.05) is 0 Å². The number of aliphatic imine (C=N–C) groups is 1. The summed E-state index contributed by atoms with van der Waals surface area (Å²) in [4.78, 5) is 8.55. The molecule has 1 saturated carbocycles. The van der Waals surface area contributed by atoms with Crippen LogP contribution in [0.1, 0.15) is 25.3 Å².